The third kappa shape index (κ3) is 3.48. The third-order valence-corrected chi connectivity index (χ3v) is 4.23. The molecule has 2 aromatic heterocycles. The van der Waals surface area contributed by atoms with Gasteiger partial charge in [0.2, 0.25) is 0 Å². The van der Waals surface area contributed by atoms with Gasteiger partial charge in [0.25, 0.3) is 0 Å². The molecule has 1 aliphatic heterocycles. The molecule has 1 saturated heterocycles. The molecule has 3 N–H and O–H groups in total. The molecule has 0 aromatic carbocycles. The number of carboxylic acids is 1. The average Bonchev–Trinajstić information content (AvgIpc) is 3.12. The lowest BCUT2D eigenvalue weighted by atomic mass is 9.91. The Morgan fingerprint density at radius 3 is 2.96 bits per heavy atom. The summed E-state index contributed by atoms with van der Waals surface area (Å²) >= 11 is 0. The van der Waals surface area contributed by atoms with Crippen molar-refractivity contribution < 1.29 is 15.0 Å². The Labute approximate surface area is 133 Å². The number of aliphatic carboxylic acids is 1. The molecule has 0 amide bonds. The fourth-order valence-electron chi connectivity index (χ4n) is 3.18. The van der Waals surface area contributed by atoms with Gasteiger partial charge in [0.1, 0.15) is 5.75 Å². The average molecular weight is 317 g/mol. The highest BCUT2D eigenvalue weighted by atomic mass is 16.4. The van der Waals surface area contributed by atoms with Crippen molar-refractivity contribution >= 4 is 5.97 Å². The molecule has 0 unspecified atom stereocenters. The molecular formula is C15H19N5O3. The number of aromatic nitrogens is 4. The Balaban J connectivity index is 1.76. The molecule has 2 atom stereocenters. The number of hydrogen-bond acceptors (Lipinski definition) is 6. The number of nitrogens with one attached hydrogen (secondary N) is 1. The molecule has 3 heterocycles. The summed E-state index contributed by atoms with van der Waals surface area (Å²) in [6.07, 6.45) is 1.73. The number of carbonyl (C=O) groups is 1. The van der Waals surface area contributed by atoms with Crippen LogP contribution < -0.4 is 0 Å². The number of nitrogens with zero attached hydrogens (tertiary/aromatic N) is 4. The second-order valence-electron chi connectivity index (χ2n) is 5.97. The quantitative estimate of drug-likeness (QED) is 0.750. The van der Waals surface area contributed by atoms with Gasteiger partial charge >= 0.3 is 5.97 Å². The van der Waals surface area contributed by atoms with Gasteiger partial charge in [-0.1, -0.05) is 0 Å². The molecule has 23 heavy (non-hydrogen) atoms. The first-order valence-electron chi connectivity index (χ1n) is 7.48. The lowest BCUT2D eigenvalue weighted by Crippen LogP contribution is -2.21. The van der Waals surface area contributed by atoms with E-state index in [0.29, 0.717) is 25.3 Å². The summed E-state index contributed by atoms with van der Waals surface area (Å²) in [5, 5.41) is 29.6. The molecule has 0 spiro atoms. The van der Waals surface area contributed by atoms with E-state index >= 15 is 0 Å². The van der Waals surface area contributed by atoms with Crippen molar-refractivity contribution in [3.05, 3.63) is 35.4 Å². The highest BCUT2D eigenvalue weighted by Gasteiger charge is 2.36. The van der Waals surface area contributed by atoms with Crippen LogP contribution in [0.5, 0.6) is 5.75 Å². The van der Waals surface area contributed by atoms with Crippen LogP contribution in [-0.2, 0) is 11.3 Å². The van der Waals surface area contributed by atoms with E-state index in [1.165, 1.54) is 0 Å². The molecule has 0 saturated carbocycles. The van der Waals surface area contributed by atoms with E-state index in [2.05, 4.69) is 25.3 Å². The predicted octanol–water partition coefficient (Wildman–Crippen LogP) is 0.904. The summed E-state index contributed by atoms with van der Waals surface area (Å²) in [6.45, 7) is 3.65. The van der Waals surface area contributed by atoms with Crippen molar-refractivity contribution in [2.75, 3.05) is 13.1 Å². The maximum Gasteiger partial charge on any atom is 0.303 e. The van der Waals surface area contributed by atoms with Crippen LogP contribution in [0.15, 0.2) is 18.3 Å². The molecule has 122 valence electrons. The summed E-state index contributed by atoms with van der Waals surface area (Å²) in [4.78, 5) is 17.6. The monoisotopic (exact) mass is 317 g/mol. The van der Waals surface area contributed by atoms with Gasteiger partial charge in [-0.15, -0.1) is 0 Å². The number of aryl methyl sites for hydroxylation is 1. The summed E-state index contributed by atoms with van der Waals surface area (Å²) < 4.78 is 0. The molecule has 1 fully saturated rings. The van der Waals surface area contributed by atoms with Gasteiger partial charge < -0.3 is 10.2 Å². The summed E-state index contributed by atoms with van der Waals surface area (Å²) in [6, 6.07) is 3.39. The van der Waals surface area contributed by atoms with Crippen LogP contribution >= 0.6 is 0 Å². The van der Waals surface area contributed by atoms with Crippen LogP contribution in [0, 0.1) is 12.8 Å². The number of carboxylic acid groups (broad SMARTS) is 1. The first kappa shape index (κ1) is 15.4. The van der Waals surface area contributed by atoms with Gasteiger partial charge in [-0.3, -0.25) is 14.7 Å². The van der Waals surface area contributed by atoms with E-state index in [4.69, 9.17) is 5.11 Å². The van der Waals surface area contributed by atoms with Crippen molar-refractivity contribution in [2.45, 2.75) is 25.8 Å². The van der Waals surface area contributed by atoms with E-state index in [-0.39, 0.29) is 24.0 Å². The van der Waals surface area contributed by atoms with Crippen LogP contribution in [-0.4, -0.2) is 54.6 Å². The molecular weight excluding hydrogens is 298 g/mol. The fourth-order valence-corrected chi connectivity index (χ4v) is 3.18. The van der Waals surface area contributed by atoms with E-state index in [9.17, 15) is 9.90 Å². The van der Waals surface area contributed by atoms with Crippen LogP contribution in [0.4, 0.5) is 0 Å². The minimum Gasteiger partial charge on any atom is -0.506 e. The number of hydrogen-bond donors (Lipinski definition) is 3. The topological polar surface area (TPSA) is 115 Å². The Kier molecular flexibility index (Phi) is 4.24. The van der Waals surface area contributed by atoms with Crippen molar-refractivity contribution in [2.24, 2.45) is 5.92 Å². The summed E-state index contributed by atoms with van der Waals surface area (Å²) in [7, 11) is 0. The maximum absolute atomic E-state index is 11.1. The zero-order valence-electron chi connectivity index (χ0n) is 12.8. The van der Waals surface area contributed by atoms with E-state index in [1.54, 1.807) is 18.3 Å². The van der Waals surface area contributed by atoms with Crippen molar-refractivity contribution in [1.29, 1.82) is 0 Å². The van der Waals surface area contributed by atoms with Gasteiger partial charge in [0.05, 0.1) is 24.0 Å². The zero-order chi connectivity index (χ0) is 16.4. The second-order valence-corrected chi connectivity index (χ2v) is 5.97. The van der Waals surface area contributed by atoms with Crippen LogP contribution in [0.2, 0.25) is 0 Å². The molecule has 3 rings (SSSR count). The number of H-pyrrole nitrogens is 1. The lowest BCUT2D eigenvalue weighted by molar-refractivity contribution is -0.138. The number of rotatable bonds is 5. The lowest BCUT2D eigenvalue weighted by Gasteiger charge is -2.16. The predicted molar refractivity (Wildman–Crippen MR) is 80.8 cm³/mol. The maximum atomic E-state index is 11.1. The number of pyridine rings is 1. The molecule has 1 aliphatic rings. The normalized spacial score (nSPS) is 21.6. The zero-order valence-corrected chi connectivity index (χ0v) is 12.8. The Morgan fingerprint density at radius 1 is 1.43 bits per heavy atom. The highest BCUT2D eigenvalue weighted by Crippen LogP contribution is 2.34. The van der Waals surface area contributed by atoms with Crippen LogP contribution in [0.25, 0.3) is 0 Å². The number of likely N-dealkylation sites (tertiary alicyclic amines) is 1. The van der Waals surface area contributed by atoms with E-state index in [0.717, 1.165) is 11.4 Å². The Morgan fingerprint density at radius 2 is 2.26 bits per heavy atom. The van der Waals surface area contributed by atoms with Gasteiger partial charge in [-0.05, 0) is 25.0 Å². The first-order valence-corrected chi connectivity index (χ1v) is 7.48. The van der Waals surface area contributed by atoms with Gasteiger partial charge in [-0.2, -0.15) is 15.4 Å². The largest absolute Gasteiger partial charge is 0.506 e. The van der Waals surface area contributed by atoms with Crippen molar-refractivity contribution in [3.63, 3.8) is 0 Å². The van der Waals surface area contributed by atoms with E-state index < -0.39 is 5.97 Å². The third-order valence-electron chi connectivity index (χ3n) is 4.23. The molecule has 0 aliphatic carbocycles. The van der Waals surface area contributed by atoms with E-state index in [1.807, 2.05) is 6.92 Å². The van der Waals surface area contributed by atoms with Gasteiger partial charge in [0.15, 0.2) is 0 Å². The smallest absolute Gasteiger partial charge is 0.303 e. The number of aromatic hydroxyl groups is 1. The number of aromatic amines is 1. The highest BCUT2D eigenvalue weighted by molar-refractivity contribution is 5.67. The summed E-state index contributed by atoms with van der Waals surface area (Å²) in [5.74, 6) is -0.682. The summed E-state index contributed by atoms with van der Waals surface area (Å²) in [5.41, 5.74) is 2.23. The van der Waals surface area contributed by atoms with Crippen LogP contribution in [0.1, 0.15) is 29.4 Å². The molecule has 2 aromatic rings. The molecule has 0 radical (unpaired) electrons. The van der Waals surface area contributed by atoms with Gasteiger partial charge in [0, 0.05) is 31.2 Å². The molecule has 8 nitrogen and oxygen atoms in total. The molecule has 0 bridgehead atoms. The molecule has 8 heteroatoms. The van der Waals surface area contributed by atoms with Gasteiger partial charge in [-0.25, -0.2) is 0 Å². The van der Waals surface area contributed by atoms with Crippen molar-refractivity contribution in [3.8, 4) is 5.75 Å². The Hall–Kier alpha value is -2.48. The first-order chi connectivity index (χ1) is 11.0. The standard InChI is InChI=1S/C15H19N5O3/c1-9-2-3-14(21)13(17-9)8-20-6-10(4-15(22)23)11(7-20)12-5-16-19-18-12/h2-3,5,10-11,21H,4,6-8H2,1H3,(H,22,23)(H,16,18,19)/t10-,11+/m1/s1. The minimum absolute atomic E-state index is 0.0109. The second kappa shape index (κ2) is 6.33. The van der Waals surface area contributed by atoms with Crippen LogP contribution in [0.3, 0.4) is 0 Å². The fraction of sp³-hybridized carbons (Fsp3) is 0.467. The SMILES string of the molecule is Cc1ccc(O)c(CN2C[C@@H](CC(=O)O)[C@@H](c3cn[nH]n3)C2)n1. The Bertz CT molecular complexity index is 688. The minimum atomic E-state index is -0.818. The van der Waals surface area contributed by atoms with Crippen molar-refractivity contribution in [1.82, 2.24) is 25.3 Å².